The maximum Gasteiger partial charge on any atom is 0.332 e. The number of esters is 1. The summed E-state index contributed by atoms with van der Waals surface area (Å²) < 4.78 is 39.8. The number of benzene rings is 1. The number of piperidine rings is 1. The van der Waals surface area contributed by atoms with E-state index in [1.165, 1.54) is 6.07 Å². The molecule has 10 heteroatoms. The lowest BCUT2D eigenvalue weighted by Crippen LogP contribution is -2.45. The van der Waals surface area contributed by atoms with E-state index in [9.17, 15) is 9.18 Å². The van der Waals surface area contributed by atoms with E-state index in [1.54, 1.807) is 50.2 Å². The van der Waals surface area contributed by atoms with E-state index in [0.717, 1.165) is 5.69 Å². The van der Waals surface area contributed by atoms with Crippen molar-refractivity contribution in [1.29, 1.82) is 0 Å². The highest BCUT2D eigenvalue weighted by molar-refractivity contribution is 5.72. The zero-order chi connectivity index (χ0) is 26.5. The average Bonchev–Trinajstić information content (AvgIpc) is 2.84. The molecule has 0 bridgehead atoms. The minimum atomic E-state index is -1.55. The number of hydrogen-bond acceptors (Lipinski definition) is 8. The van der Waals surface area contributed by atoms with Gasteiger partial charge in [-0.3, -0.25) is 9.88 Å². The lowest BCUT2D eigenvalue weighted by Gasteiger charge is -2.37. The van der Waals surface area contributed by atoms with Crippen molar-refractivity contribution in [3.63, 3.8) is 0 Å². The monoisotopic (exact) mass is 511 g/mol. The predicted octanol–water partition coefficient (Wildman–Crippen LogP) is 5.15. The molecule has 3 heterocycles. The van der Waals surface area contributed by atoms with Crippen LogP contribution in [0.3, 0.4) is 0 Å². The highest BCUT2D eigenvalue weighted by atomic mass is 19.1. The number of carbonyl (C=O) groups is 1. The number of rotatable bonds is 8. The Kier molecular flexibility index (Phi) is 7.97. The molecule has 1 aromatic carbocycles. The molecule has 0 radical (unpaired) electrons. The Labute approximate surface area is 215 Å². The van der Waals surface area contributed by atoms with Gasteiger partial charge >= 0.3 is 5.97 Å². The third-order valence-corrected chi connectivity index (χ3v) is 5.77. The number of hydrogen-bond donors (Lipinski definition) is 0. The van der Waals surface area contributed by atoms with Gasteiger partial charge in [-0.05, 0) is 45.0 Å². The van der Waals surface area contributed by atoms with E-state index in [-0.39, 0.29) is 26.1 Å². The van der Waals surface area contributed by atoms with Crippen molar-refractivity contribution >= 4 is 29.1 Å². The zero-order valence-corrected chi connectivity index (χ0v) is 21.2. The van der Waals surface area contributed by atoms with E-state index < -0.39 is 23.2 Å². The van der Waals surface area contributed by atoms with Gasteiger partial charge in [0.2, 0.25) is 5.95 Å². The van der Waals surface area contributed by atoms with E-state index in [0.29, 0.717) is 30.5 Å². The summed E-state index contributed by atoms with van der Waals surface area (Å²) in [7, 11) is 0. The van der Waals surface area contributed by atoms with Crippen molar-refractivity contribution in [2.45, 2.75) is 44.9 Å². The minimum Gasteiger partial charge on any atom is -0.458 e. The summed E-state index contributed by atoms with van der Waals surface area (Å²) in [6.45, 7) is 5.62. The lowest BCUT2D eigenvalue weighted by atomic mass is 9.94. The first-order valence-electron chi connectivity index (χ1n) is 12.2. The summed E-state index contributed by atoms with van der Waals surface area (Å²) in [6.07, 6.45) is 3.62. The van der Waals surface area contributed by atoms with Crippen LogP contribution in [0.1, 0.15) is 33.6 Å². The molecule has 0 aliphatic carbocycles. The Balaban J connectivity index is 1.44. The summed E-state index contributed by atoms with van der Waals surface area (Å²) in [5.41, 5.74) is -1.42. The number of alkyl halides is 1. The first-order chi connectivity index (χ1) is 17.6. The van der Waals surface area contributed by atoms with Crippen LogP contribution in [0.5, 0.6) is 0 Å². The fourth-order valence-corrected chi connectivity index (χ4v) is 4.06. The Bertz CT molecular complexity index is 1200. The molecule has 0 amide bonds. The molecule has 8 nitrogen and oxygen atoms in total. The summed E-state index contributed by atoms with van der Waals surface area (Å²) in [5.74, 6) is 0.274. The van der Waals surface area contributed by atoms with Crippen LogP contribution in [0, 0.1) is 5.95 Å². The Morgan fingerprint density at radius 3 is 2.43 bits per heavy atom. The van der Waals surface area contributed by atoms with Gasteiger partial charge in [-0.1, -0.05) is 24.3 Å². The summed E-state index contributed by atoms with van der Waals surface area (Å²) >= 11 is 0. The topological polar surface area (TPSA) is 80.7 Å². The normalized spacial score (nSPS) is 15.3. The van der Waals surface area contributed by atoms with Crippen LogP contribution in [-0.2, 0) is 14.3 Å². The molecule has 1 aliphatic rings. The zero-order valence-electron chi connectivity index (χ0n) is 21.2. The molecule has 0 spiro atoms. The van der Waals surface area contributed by atoms with Crippen LogP contribution in [0.25, 0.3) is 0 Å². The first-order valence-corrected chi connectivity index (χ1v) is 12.2. The van der Waals surface area contributed by atoms with Crippen LogP contribution >= 0.6 is 0 Å². The number of ether oxygens (including phenoxy) is 2. The number of halogens is 2. The van der Waals surface area contributed by atoms with Crippen molar-refractivity contribution < 1.29 is 23.0 Å². The fraction of sp³-hybridized carbons (Fsp3) is 0.407. The fourth-order valence-electron chi connectivity index (χ4n) is 4.06. The number of anilines is 4. The first kappa shape index (κ1) is 26.4. The highest BCUT2D eigenvalue weighted by Gasteiger charge is 2.36. The Hall–Kier alpha value is -3.66. The van der Waals surface area contributed by atoms with Gasteiger partial charge in [0, 0.05) is 31.6 Å². The van der Waals surface area contributed by atoms with Crippen LogP contribution in [0.4, 0.5) is 31.9 Å². The summed E-state index contributed by atoms with van der Waals surface area (Å²) in [5, 5.41) is 0. The van der Waals surface area contributed by atoms with Crippen LogP contribution in [0.2, 0.25) is 0 Å². The molecule has 0 N–H and O–H groups in total. The van der Waals surface area contributed by atoms with E-state index >= 15 is 4.39 Å². The van der Waals surface area contributed by atoms with Crippen molar-refractivity contribution in [3.05, 3.63) is 66.9 Å². The largest absolute Gasteiger partial charge is 0.458 e. The molecule has 4 rings (SSSR count). The number of pyridine rings is 1. The van der Waals surface area contributed by atoms with Crippen LogP contribution in [-0.4, -0.2) is 58.5 Å². The molecular weight excluding hydrogens is 480 g/mol. The summed E-state index contributed by atoms with van der Waals surface area (Å²) in [6, 6.07) is 13.9. The summed E-state index contributed by atoms with van der Waals surface area (Å²) in [4.78, 5) is 28.6. The predicted molar refractivity (Wildman–Crippen MR) is 136 cm³/mol. The maximum absolute atomic E-state index is 15.3. The van der Waals surface area contributed by atoms with Gasteiger partial charge in [0.25, 0.3) is 0 Å². The highest BCUT2D eigenvalue weighted by Crippen LogP contribution is 2.34. The van der Waals surface area contributed by atoms with Gasteiger partial charge in [0.15, 0.2) is 5.82 Å². The van der Waals surface area contributed by atoms with E-state index in [4.69, 9.17) is 14.5 Å². The van der Waals surface area contributed by atoms with Gasteiger partial charge < -0.3 is 14.4 Å². The molecule has 3 aromatic rings. The van der Waals surface area contributed by atoms with Crippen molar-refractivity contribution in [2.75, 3.05) is 36.1 Å². The standard InChI is InChI=1S/C27H31F2N5O3/c1-26(2,3)37-25(35)18-36-19-27(29)12-14-33(15-13-27)23-16-30-17-24(32-23)34(20-8-5-4-6-9-20)22-11-7-10-21(28)31-22/h4-11,16-17H,12-15,18-19H2,1-3H3. The van der Waals surface area contributed by atoms with Gasteiger partial charge in [0.1, 0.15) is 29.5 Å². The second-order valence-corrected chi connectivity index (χ2v) is 9.94. The van der Waals surface area contributed by atoms with Crippen molar-refractivity contribution in [3.8, 4) is 0 Å². The van der Waals surface area contributed by atoms with Gasteiger partial charge in [-0.25, -0.2) is 19.2 Å². The second kappa shape index (κ2) is 11.2. The van der Waals surface area contributed by atoms with Crippen LogP contribution in [0.15, 0.2) is 60.9 Å². The number of para-hydroxylation sites is 1. The third kappa shape index (κ3) is 7.19. The lowest BCUT2D eigenvalue weighted by molar-refractivity contribution is -0.161. The van der Waals surface area contributed by atoms with E-state index in [2.05, 4.69) is 9.97 Å². The Morgan fingerprint density at radius 2 is 1.76 bits per heavy atom. The number of aromatic nitrogens is 3. The average molecular weight is 512 g/mol. The molecule has 2 aromatic heterocycles. The molecule has 0 atom stereocenters. The Morgan fingerprint density at radius 1 is 1.03 bits per heavy atom. The van der Waals surface area contributed by atoms with E-state index in [1.807, 2.05) is 35.2 Å². The minimum absolute atomic E-state index is 0.182. The van der Waals surface area contributed by atoms with Crippen molar-refractivity contribution in [1.82, 2.24) is 15.0 Å². The maximum atomic E-state index is 15.3. The number of carbonyl (C=O) groups excluding carboxylic acids is 1. The molecule has 1 fully saturated rings. The SMILES string of the molecule is CC(C)(C)OC(=O)COCC1(F)CCN(c2cncc(N(c3ccccc3)c3cccc(F)n3)n2)CC1. The second-order valence-electron chi connectivity index (χ2n) is 9.94. The molecule has 1 saturated heterocycles. The molecule has 0 saturated carbocycles. The van der Waals surface area contributed by atoms with Gasteiger partial charge in [-0.15, -0.1) is 0 Å². The quantitative estimate of drug-likeness (QED) is 0.304. The smallest absolute Gasteiger partial charge is 0.332 e. The number of nitrogens with zero attached hydrogens (tertiary/aromatic N) is 5. The molecule has 0 unspecified atom stereocenters. The van der Waals surface area contributed by atoms with Crippen molar-refractivity contribution in [2.24, 2.45) is 0 Å². The molecular formula is C27H31F2N5O3. The van der Waals surface area contributed by atoms with Gasteiger partial charge in [0.05, 0.1) is 19.0 Å². The van der Waals surface area contributed by atoms with Crippen LogP contribution < -0.4 is 9.80 Å². The molecule has 196 valence electrons. The van der Waals surface area contributed by atoms with Gasteiger partial charge in [-0.2, -0.15) is 4.39 Å². The molecule has 37 heavy (non-hydrogen) atoms. The molecule has 1 aliphatic heterocycles. The third-order valence-electron chi connectivity index (χ3n) is 5.77.